The van der Waals surface area contributed by atoms with Crippen LogP contribution < -0.4 is 5.56 Å². The third kappa shape index (κ3) is 3.08. The van der Waals surface area contributed by atoms with E-state index in [-0.39, 0.29) is 17.9 Å². The van der Waals surface area contributed by atoms with Crippen LogP contribution >= 0.6 is 11.6 Å². The molecular weight excluding hydrogens is 194 g/mol. The fraction of sp³-hybridized carbons (Fsp3) is 0.375. The Kier molecular flexibility index (Phi) is 3.33. The molecule has 0 amide bonds. The van der Waals surface area contributed by atoms with Crippen LogP contribution in [0.2, 0.25) is 0 Å². The molecule has 0 spiro atoms. The summed E-state index contributed by atoms with van der Waals surface area (Å²) in [6, 6.07) is 1.09. The van der Waals surface area contributed by atoms with Gasteiger partial charge in [0.15, 0.2) is 0 Å². The first-order valence-electron chi connectivity index (χ1n) is 3.76. The van der Waals surface area contributed by atoms with E-state index in [9.17, 15) is 9.90 Å². The van der Waals surface area contributed by atoms with Crippen LogP contribution in [0.25, 0.3) is 0 Å². The van der Waals surface area contributed by atoms with Crippen molar-refractivity contribution in [3.05, 3.63) is 28.2 Å². The average molecular weight is 204 g/mol. The van der Waals surface area contributed by atoms with Gasteiger partial charge < -0.3 is 14.8 Å². The third-order valence-corrected chi connectivity index (χ3v) is 1.58. The molecule has 0 aromatic carbocycles. The van der Waals surface area contributed by atoms with Gasteiger partial charge in [-0.15, -0.1) is 0 Å². The molecule has 0 aliphatic heterocycles. The molecular formula is C8H10ClNO3. The number of hydrogen-bond donors (Lipinski definition) is 2. The van der Waals surface area contributed by atoms with Gasteiger partial charge in [0.2, 0.25) is 0 Å². The maximum absolute atomic E-state index is 10.7. The Bertz CT molecular complexity index is 334. The standard InChI is InChI=1S/C8H10ClNO3/c1-5(9)13-4-6-3-10-8(12)2-7(6)11/h2-3,5H,4H2,1H3,(H2,10,11,12). The van der Waals surface area contributed by atoms with Gasteiger partial charge in [-0.05, 0) is 6.92 Å². The molecule has 72 valence electrons. The molecule has 1 unspecified atom stereocenters. The lowest BCUT2D eigenvalue weighted by molar-refractivity contribution is 0.104. The lowest BCUT2D eigenvalue weighted by Gasteiger charge is -2.06. The molecule has 0 bridgehead atoms. The van der Waals surface area contributed by atoms with Crippen LogP contribution in [-0.4, -0.2) is 15.7 Å². The van der Waals surface area contributed by atoms with Gasteiger partial charge >= 0.3 is 0 Å². The second-order valence-corrected chi connectivity index (χ2v) is 3.18. The van der Waals surface area contributed by atoms with Gasteiger partial charge in [0.25, 0.3) is 5.56 Å². The van der Waals surface area contributed by atoms with Crippen molar-refractivity contribution in [2.24, 2.45) is 0 Å². The molecule has 2 N–H and O–H groups in total. The van der Waals surface area contributed by atoms with Crippen molar-refractivity contribution >= 4 is 11.6 Å². The van der Waals surface area contributed by atoms with E-state index in [1.165, 1.54) is 6.20 Å². The predicted molar refractivity (Wildman–Crippen MR) is 48.8 cm³/mol. The van der Waals surface area contributed by atoms with Gasteiger partial charge in [-0.25, -0.2) is 0 Å². The molecule has 1 atom stereocenters. The third-order valence-electron chi connectivity index (χ3n) is 1.45. The molecule has 13 heavy (non-hydrogen) atoms. The molecule has 0 fully saturated rings. The molecule has 1 aromatic heterocycles. The fourth-order valence-electron chi connectivity index (χ4n) is 0.811. The summed E-state index contributed by atoms with van der Waals surface area (Å²) in [5.41, 5.74) is -0.265. The molecule has 0 saturated carbocycles. The number of hydrogen-bond acceptors (Lipinski definition) is 3. The Balaban J connectivity index is 2.72. The van der Waals surface area contributed by atoms with E-state index in [0.29, 0.717) is 5.56 Å². The molecule has 5 heteroatoms. The van der Waals surface area contributed by atoms with Crippen molar-refractivity contribution in [1.29, 1.82) is 0 Å². The molecule has 4 nitrogen and oxygen atoms in total. The number of ether oxygens (including phenoxy) is 1. The van der Waals surface area contributed by atoms with Crippen molar-refractivity contribution in [2.45, 2.75) is 19.1 Å². The number of aromatic nitrogens is 1. The zero-order valence-electron chi connectivity index (χ0n) is 7.08. The summed E-state index contributed by atoms with van der Waals surface area (Å²) in [6.07, 6.45) is 1.40. The Labute approximate surface area is 80.1 Å². The molecule has 1 heterocycles. The van der Waals surface area contributed by atoms with Crippen molar-refractivity contribution in [3.63, 3.8) is 0 Å². The van der Waals surface area contributed by atoms with E-state index >= 15 is 0 Å². The topological polar surface area (TPSA) is 62.3 Å². The number of aromatic amines is 1. The van der Waals surface area contributed by atoms with E-state index in [1.807, 2.05) is 0 Å². The minimum absolute atomic E-state index is 0.0823. The summed E-state index contributed by atoms with van der Waals surface area (Å²) in [5.74, 6) is -0.0823. The summed E-state index contributed by atoms with van der Waals surface area (Å²) < 4.78 is 5.03. The minimum atomic E-state index is -0.425. The molecule has 0 radical (unpaired) electrons. The van der Waals surface area contributed by atoms with Crippen LogP contribution in [0.3, 0.4) is 0 Å². The highest BCUT2D eigenvalue weighted by molar-refractivity contribution is 6.19. The normalized spacial score (nSPS) is 12.8. The Morgan fingerprint density at radius 1 is 1.77 bits per heavy atom. The summed E-state index contributed by atoms with van der Waals surface area (Å²) >= 11 is 5.54. The van der Waals surface area contributed by atoms with E-state index in [2.05, 4.69) is 4.98 Å². The van der Waals surface area contributed by atoms with Crippen molar-refractivity contribution in [3.8, 4) is 5.75 Å². The van der Waals surface area contributed by atoms with Crippen LogP contribution in [0.5, 0.6) is 5.75 Å². The van der Waals surface area contributed by atoms with Gasteiger partial charge in [-0.1, -0.05) is 11.6 Å². The van der Waals surface area contributed by atoms with E-state index in [0.717, 1.165) is 6.07 Å². The first-order chi connectivity index (χ1) is 6.09. The van der Waals surface area contributed by atoms with Gasteiger partial charge in [0, 0.05) is 17.8 Å². The maximum Gasteiger partial charge on any atom is 0.251 e. The maximum atomic E-state index is 10.7. The highest BCUT2D eigenvalue weighted by atomic mass is 35.5. The second kappa shape index (κ2) is 4.30. The van der Waals surface area contributed by atoms with Gasteiger partial charge in [0.1, 0.15) is 11.3 Å². The first kappa shape index (κ1) is 10.1. The number of pyridine rings is 1. The van der Waals surface area contributed by atoms with Gasteiger partial charge in [-0.2, -0.15) is 0 Å². The van der Waals surface area contributed by atoms with Crippen molar-refractivity contribution < 1.29 is 9.84 Å². The molecule has 0 aliphatic rings. The second-order valence-electron chi connectivity index (χ2n) is 2.56. The Morgan fingerprint density at radius 3 is 3.00 bits per heavy atom. The molecule has 0 saturated heterocycles. The number of nitrogens with one attached hydrogen (secondary N) is 1. The number of rotatable bonds is 3. The molecule has 0 aliphatic carbocycles. The van der Waals surface area contributed by atoms with Crippen LogP contribution in [0.15, 0.2) is 17.1 Å². The van der Waals surface area contributed by atoms with Crippen LogP contribution in [0, 0.1) is 0 Å². The van der Waals surface area contributed by atoms with Crippen LogP contribution in [0.1, 0.15) is 12.5 Å². The first-order valence-corrected chi connectivity index (χ1v) is 4.19. The Hall–Kier alpha value is -1.00. The van der Waals surface area contributed by atoms with Crippen LogP contribution in [0.4, 0.5) is 0 Å². The zero-order valence-corrected chi connectivity index (χ0v) is 7.84. The summed E-state index contributed by atoms with van der Waals surface area (Å²) in [4.78, 5) is 13.1. The van der Waals surface area contributed by atoms with E-state index < -0.39 is 5.56 Å². The lowest BCUT2D eigenvalue weighted by atomic mass is 10.3. The number of alkyl halides is 1. The predicted octanol–water partition coefficient (Wildman–Crippen LogP) is 1.18. The monoisotopic (exact) mass is 203 g/mol. The van der Waals surface area contributed by atoms with E-state index in [4.69, 9.17) is 16.3 Å². The highest BCUT2D eigenvalue weighted by Gasteiger charge is 2.03. The number of aromatic hydroxyl groups is 1. The minimum Gasteiger partial charge on any atom is -0.507 e. The SMILES string of the molecule is CC(Cl)OCc1c[nH]c(=O)cc1O. The summed E-state index contributed by atoms with van der Waals surface area (Å²) in [6.45, 7) is 1.84. The highest BCUT2D eigenvalue weighted by Crippen LogP contribution is 2.14. The van der Waals surface area contributed by atoms with Gasteiger partial charge in [-0.3, -0.25) is 4.79 Å². The number of H-pyrrole nitrogens is 1. The average Bonchev–Trinajstić information content (AvgIpc) is 2.02. The largest absolute Gasteiger partial charge is 0.507 e. The summed E-state index contributed by atoms with van der Waals surface area (Å²) in [7, 11) is 0. The fourth-order valence-corrected chi connectivity index (χ4v) is 0.874. The zero-order chi connectivity index (χ0) is 9.84. The smallest absolute Gasteiger partial charge is 0.251 e. The van der Waals surface area contributed by atoms with Crippen LogP contribution in [-0.2, 0) is 11.3 Å². The Morgan fingerprint density at radius 2 is 2.46 bits per heavy atom. The van der Waals surface area contributed by atoms with Gasteiger partial charge in [0.05, 0.1) is 6.61 Å². The summed E-state index contributed by atoms with van der Waals surface area (Å²) in [5, 5.41) is 9.26. The molecule has 1 rings (SSSR count). The van der Waals surface area contributed by atoms with E-state index in [1.54, 1.807) is 6.92 Å². The quantitative estimate of drug-likeness (QED) is 0.726. The van der Waals surface area contributed by atoms with Crippen molar-refractivity contribution in [1.82, 2.24) is 4.98 Å². The lowest BCUT2D eigenvalue weighted by Crippen LogP contribution is -2.06. The number of halogens is 1. The molecule has 1 aromatic rings. The van der Waals surface area contributed by atoms with Crippen molar-refractivity contribution in [2.75, 3.05) is 0 Å².